The van der Waals surface area contributed by atoms with Crippen LogP contribution in [0.5, 0.6) is 0 Å². The number of fused-ring (bicyclic) bond motifs is 1. The molecule has 0 aliphatic heterocycles. The molecule has 2 aromatic carbocycles. The molecule has 2 aromatic heterocycles. The molecule has 4 heteroatoms. The highest BCUT2D eigenvalue weighted by molar-refractivity contribution is 5.83. The molecule has 2 heterocycles. The Bertz CT molecular complexity index is 877. The topological polar surface area (TPSA) is 53.9 Å². The summed E-state index contributed by atoms with van der Waals surface area (Å²) in [6.45, 7) is 0. The van der Waals surface area contributed by atoms with Gasteiger partial charge in [-0.1, -0.05) is 30.3 Å². The SMILES string of the molecule is c1ccc(-c2cnc(Nc3ccc4[nH]ccc4c3)o2)cc1. The lowest BCUT2D eigenvalue weighted by Crippen LogP contribution is -1.89. The summed E-state index contributed by atoms with van der Waals surface area (Å²) in [5, 5.41) is 4.33. The van der Waals surface area contributed by atoms with Gasteiger partial charge >= 0.3 is 0 Å². The highest BCUT2D eigenvalue weighted by Crippen LogP contribution is 2.25. The van der Waals surface area contributed by atoms with Gasteiger partial charge in [-0.15, -0.1) is 0 Å². The van der Waals surface area contributed by atoms with E-state index in [-0.39, 0.29) is 0 Å². The number of oxazole rings is 1. The van der Waals surface area contributed by atoms with Crippen LogP contribution in [-0.4, -0.2) is 9.97 Å². The van der Waals surface area contributed by atoms with Gasteiger partial charge in [0, 0.05) is 28.4 Å². The number of nitrogens with one attached hydrogen (secondary N) is 2. The van der Waals surface area contributed by atoms with Crippen LogP contribution < -0.4 is 5.32 Å². The minimum atomic E-state index is 0.490. The number of hydrogen-bond donors (Lipinski definition) is 2. The lowest BCUT2D eigenvalue weighted by Gasteiger charge is -2.01. The molecule has 0 fully saturated rings. The second-order valence-corrected chi connectivity index (χ2v) is 4.80. The van der Waals surface area contributed by atoms with Crippen molar-refractivity contribution in [2.45, 2.75) is 0 Å². The van der Waals surface area contributed by atoms with Crippen molar-refractivity contribution < 1.29 is 4.42 Å². The van der Waals surface area contributed by atoms with Crippen LogP contribution in [0.3, 0.4) is 0 Å². The smallest absolute Gasteiger partial charge is 0.299 e. The number of hydrogen-bond acceptors (Lipinski definition) is 3. The van der Waals surface area contributed by atoms with Crippen molar-refractivity contribution in [2.24, 2.45) is 0 Å². The van der Waals surface area contributed by atoms with E-state index < -0.39 is 0 Å². The predicted molar refractivity (Wildman–Crippen MR) is 83.5 cm³/mol. The highest BCUT2D eigenvalue weighted by Gasteiger charge is 2.06. The maximum atomic E-state index is 5.74. The van der Waals surface area contributed by atoms with Gasteiger partial charge in [0.05, 0.1) is 6.20 Å². The van der Waals surface area contributed by atoms with E-state index in [0.717, 1.165) is 27.9 Å². The van der Waals surface area contributed by atoms with Gasteiger partial charge in [0.15, 0.2) is 5.76 Å². The number of nitrogens with zero attached hydrogens (tertiary/aromatic N) is 1. The first-order valence-electron chi connectivity index (χ1n) is 6.74. The van der Waals surface area contributed by atoms with E-state index in [2.05, 4.69) is 21.4 Å². The third-order valence-electron chi connectivity index (χ3n) is 3.37. The van der Waals surface area contributed by atoms with Gasteiger partial charge in [-0.25, -0.2) is 4.98 Å². The van der Waals surface area contributed by atoms with Crippen molar-refractivity contribution in [3.05, 3.63) is 67.0 Å². The van der Waals surface area contributed by atoms with Gasteiger partial charge in [0.1, 0.15) is 0 Å². The molecule has 0 unspecified atom stereocenters. The van der Waals surface area contributed by atoms with Gasteiger partial charge < -0.3 is 14.7 Å². The fraction of sp³-hybridized carbons (Fsp3) is 0. The number of aromatic nitrogens is 2. The molecule has 0 saturated heterocycles. The Labute approximate surface area is 121 Å². The summed E-state index contributed by atoms with van der Waals surface area (Å²) in [6.07, 6.45) is 3.65. The van der Waals surface area contributed by atoms with Crippen LogP contribution in [0.2, 0.25) is 0 Å². The molecule has 0 spiro atoms. The summed E-state index contributed by atoms with van der Waals surface area (Å²) in [4.78, 5) is 7.44. The van der Waals surface area contributed by atoms with Gasteiger partial charge in [-0.05, 0) is 24.3 Å². The molecule has 102 valence electrons. The molecular formula is C17H13N3O. The van der Waals surface area contributed by atoms with Crippen molar-refractivity contribution in [1.82, 2.24) is 9.97 Å². The van der Waals surface area contributed by atoms with E-state index >= 15 is 0 Å². The number of benzene rings is 2. The molecule has 0 radical (unpaired) electrons. The second-order valence-electron chi connectivity index (χ2n) is 4.80. The summed E-state index contributed by atoms with van der Waals surface area (Å²) < 4.78 is 5.74. The third kappa shape index (κ3) is 2.27. The summed E-state index contributed by atoms with van der Waals surface area (Å²) in [7, 11) is 0. The first kappa shape index (κ1) is 11.8. The zero-order valence-electron chi connectivity index (χ0n) is 11.2. The number of aromatic amines is 1. The lowest BCUT2D eigenvalue weighted by atomic mass is 10.2. The van der Waals surface area contributed by atoms with Gasteiger partial charge in [-0.2, -0.15) is 0 Å². The summed E-state index contributed by atoms with van der Waals surface area (Å²) in [6, 6.07) is 18.5. The standard InChI is InChI=1S/C17H13N3O/c1-2-4-12(5-3-1)16-11-19-17(21-16)20-14-6-7-15-13(10-14)8-9-18-15/h1-11,18H,(H,19,20). The fourth-order valence-electron chi connectivity index (χ4n) is 2.32. The van der Waals surface area contributed by atoms with Crippen molar-refractivity contribution >= 4 is 22.6 Å². The largest absolute Gasteiger partial charge is 0.423 e. The van der Waals surface area contributed by atoms with Crippen molar-refractivity contribution in [3.63, 3.8) is 0 Å². The average molecular weight is 275 g/mol. The van der Waals surface area contributed by atoms with Crippen LogP contribution in [0, 0.1) is 0 Å². The van der Waals surface area contributed by atoms with E-state index in [1.54, 1.807) is 6.20 Å². The normalized spacial score (nSPS) is 10.9. The molecule has 0 bridgehead atoms. The molecular weight excluding hydrogens is 262 g/mol. The van der Waals surface area contributed by atoms with E-state index in [4.69, 9.17) is 4.42 Å². The highest BCUT2D eigenvalue weighted by atomic mass is 16.4. The van der Waals surface area contributed by atoms with Gasteiger partial charge in [-0.3, -0.25) is 0 Å². The number of rotatable bonds is 3. The second kappa shape index (κ2) is 4.83. The number of H-pyrrole nitrogens is 1. The van der Waals surface area contributed by atoms with Crippen LogP contribution >= 0.6 is 0 Å². The van der Waals surface area contributed by atoms with E-state index in [0.29, 0.717) is 6.01 Å². The Hall–Kier alpha value is -3.01. The van der Waals surface area contributed by atoms with E-state index in [1.807, 2.05) is 54.7 Å². The van der Waals surface area contributed by atoms with Crippen LogP contribution in [0.4, 0.5) is 11.7 Å². The molecule has 4 rings (SSSR count). The Morgan fingerprint density at radius 2 is 1.90 bits per heavy atom. The molecule has 4 aromatic rings. The maximum Gasteiger partial charge on any atom is 0.299 e. The minimum absolute atomic E-state index is 0.490. The first-order valence-corrected chi connectivity index (χ1v) is 6.74. The van der Waals surface area contributed by atoms with Crippen molar-refractivity contribution in [1.29, 1.82) is 0 Å². The van der Waals surface area contributed by atoms with Crippen LogP contribution in [0.15, 0.2) is 71.4 Å². The number of anilines is 2. The predicted octanol–water partition coefficient (Wildman–Crippen LogP) is 4.57. The lowest BCUT2D eigenvalue weighted by molar-refractivity contribution is 0.592. The van der Waals surface area contributed by atoms with Crippen LogP contribution in [0.1, 0.15) is 0 Å². The Kier molecular flexibility index (Phi) is 2.71. The molecule has 0 aliphatic rings. The van der Waals surface area contributed by atoms with Crippen LogP contribution in [-0.2, 0) is 0 Å². The van der Waals surface area contributed by atoms with E-state index in [1.165, 1.54) is 0 Å². The first-order chi connectivity index (χ1) is 10.4. The van der Waals surface area contributed by atoms with Crippen LogP contribution in [0.25, 0.3) is 22.2 Å². The van der Waals surface area contributed by atoms with E-state index in [9.17, 15) is 0 Å². The molecule has 0 aliphatic carbocycles. The van der Waals surface area contributed by atoms with Gasteiger partial charge in [0.25, 0.3) is 6.01 Å². The Morgan fingerprint density at radius 1 is 1.00 bits per heavy atom. The molecule has 4 nitrogen and oxygen atoms in total. The van der Waals surface area contributed by atoms with Gasteiger partial charge in [0.2, 0.25) is 0 Å². The molecule has 21 heavy (non-hydrogen) atoms. The van der Waals surface area contributed by atoms with Crippen molar-refractivity contribution in [2.75, 3.05) is 5.32 Å². The average Bonchev–Trinajstić information content (AvgIpc) is 3.17. The zero-order chi connectivity index (χ0) is 14.1. The third-order valence-corrected chi connectivity index (χ3v) is 3.37. The Morgan fingerprint density at radius 3 is 2.81 bits per heavy atom. The fourth-order valence-corrected chi connectivity index (χ4v) is 2.32. The summed E-state index contributed by atoms with van der Waals surface area (Å²) in [5.41, 5.74) is 3.07. The molecule has 0 atom stereocenters. The Balaban J connectivity index is 1.61. The maximum absolute atomic E-state index is 5.74. The summed E-state index contributed by atoms with van der Waals surface area (Å²) in [5.74, 6) is 0.751. The molecule has 0 saturated carbocycles. The van der Waals surface area contributed by atoms with Crippen molar-refractivity contribution in [3.8, 4) is 11.3 Å². The zero-order valence-corrected chi connectivity index (χ0v) is 11.2. The molecule has 0 amide bonds. The quantitative estimate of drug-likeness (QED) is 0.576. The molecule has 2 N–H and O–H groups in total. The summed E-state index contributed by atoms with van der Waals surface area (Å²) >= 11 is 0. The minimum Gasteiger partial charge on any atom is -0.423 e. The monoisotopic (exact) mass is 275 g/mol.